The number of carbonyl (C=O) groups is 5. The van der Waals surface area contributed by atoms with Crippen molar-refractivity contribution in [3.63, 3.8) is 0 Å². The van der Waals surface area contributed by atoms with E-state index in [1.54, 1.807) is 34.8 Å². The van der Waals surface area contributed by atoms with Crippen LogP contribution in [0, 0.1) is 39.0 Å². The molecule has 0 bridgehead atoms. The summed E-state index contributed by atoms with van der Waals surface area (Å²) in [6, 6.07) is 20.3. The maximum absolute atomic E-state index is 14.3. The number of ether oxygens (including phenoxy) is 1. The lowest BCUT2D eigenvalue weighted by Gasteiger charge is -2.39. The molecule has 1 aliphatic carbocycles. The molecule has 5 heterocycles. The molecular formula is C55H61N9O7S2. The standard InChI is InChI=1S/C55H61N9O7S2/c1-28-31(4)73-54-45(28)46(59-42(25-44(66)71-9)49-62-61-32(5)64(49)54)36-16-12-34(13-17-36)35-14-20-38(21-15-35)50(67)58-40-22-39(23-40)51(68)60-48(55(6,7)8)53(70)63-26-41(65)24-43(63)52(69)57-29(2)33-10-18-37(19-11-33)47-30(3)56-27-72-47/h10-21,27,29,39-43,48,65H,22-26H2,1-9H3,(H,57,69)(H,58,67)(H,60,68)/t29-,39-,40+,41+,42-,43-,48+/m0/s1. The first kappa shape index (κ1) is 51.0. The van der Waals surface area contributed by atoms with Crippen LogP contribution in [0.5, 0.6) is 0 Å². The minimum Gasteiger partial charge on any atom is -0.469 e. The molecular weight excluding hydrogens is 963 g/mol. The molecule has 2 aliphatic heterocycles. The summed E-state index contributed by atoms with van der Waals surface area (Å²) in [7, 11) is 1.36. The first-order chi connectivity index (χ1) is 34.8. The smallest absolute Gasteiger partial charge is 0.308 e. The number of aliphatic hydroxyl groups excluding tert-OH is 1. The Morgan fingerprint density at radius 2 is 1.48 bits per heavy atom. The Morgan fingerprint density at radius 3 is 2.11 bits per heavy atom. The van der Waals surface area contributed by atoms with Crippen LogP contribution in [0.15, 0.2) is 83.3 Å². The molecule has 16 nitrogen and oxygen atoms in total. The van der Waals surface area contributed by atoms with E-state index in [4.69, 9.17) is 9.73 Å². The number of thiazole rings is 1. The lowest BCUT2D eigenvalue weighted by molar-refractivity contribution is -0.145. The normalized spacial score (nSPS) is 20.1. The lowest BCUT2D eigenvalue weighted by atomic mass is 9.78. The van der Waals surface area contributed by atoms with Crippen molar-refractivity contribution < 1.29 is 33.8 Å². The average molecular weight is 1020 g/mol. The van der Waals surface area contributed by atoms with Crippen LogP contribution in [-0.4, -0.2) is 103 Å². The number of nitrogens with one attached hydrogen (secondary N) is 3. The van der Waals surface area contributed by atoms with Gasteiger partial charge in [0.05, 0.1) is 47.5 Å². The van der Waals surface area contributed by atoms with Crippen molar-refractivity contribution in [3.05, 3.63) is 128 Å². The number of benzene rings is 3. The molecule has 73 heavy (non-hydrogen) atoms. The van der Waals surface area contributed by atoms with Crippen LogP contribution in [0.3, 0.4) is 0 Å². The SMILES string of the molecule is COC(=O)C[C@@H]1N=C(c2ccc(-c3ccc(C(=O)N[C@H]4C[C@@H](C(=O)N[C@H](C(=O)N5C[C@H](O)C[C@H]5C(=O)N[C@@H](C)c5ccc(-c6scnc6C)cc5)C(C)(C)C)C4)cc3)cc2)c2c(sc(C)c2C)-n2c(C)nnc21. The maximum atomic E-state index is 14.3. The molecule has 9 rings (SSSR count). The highest BCUT2D eigenvalue weighted by atomic mass is 32.1. The summed E-state index contributed by atoms with van der Waals surface area (Å²) in [5, 5.41) is 29.6. The van der Waals surface area contributed by atoms with Crippen LogP contribution in [0.25, 0.3) is 26.6 Å². The molecule has 3 aromatic heterocycles. The molecule has 0 radical (unpaired) electrons. The maximum Gasteiger partial charge on any atom is 0.308 e. The Labute approximate surface area is 432 Å². The summed E-state index contributed by atoms with van der Waals surface area (Å²) in [6.45, 7) is 15.5. The minimum atomic E-state index is -0.963. The Hall–Kier alpha value is -6.89. The Morgan fingerprint density at radius 1 is 0.836 bits per heavy atom. The van der Waals surface area contributed by atoms with Crippen molar-refractivity contribution in [1.29, 1.82) is 0 Å². The number of hydrogen-bond donors (Lipinski definition) is 4. The summed E-state index contributed by atoms with van der Waals surface area (Å²) >= 11 is 3.22. The fourth-order valence-corrected chi connectivity index (χ4v) is 11.9. The van der Waals surface area contributed by atoms with E-state index in [-0.39, 0.29) is 49.2 Å². The second kappa shape index (κ2) is 20.6. The van der Waals surface area contributed by atoms with E-state index in [1.165, 1.54) is 12.0 Å². The number of fused-ring (bicyclic) bond motifs is 3. The van der Waals surface area contributed by atoms with Gasteiger partial charge in [0.1, 0.15) is 29.0 Å². The molecule has 4 amide bonds. The molecule has 3 aromatic carbocycles. The first-order valence-corrected chi connectivity index (χ1v) is 26.3. The molecule has 3 aliphatic rings. The third-order valence-electron chi connectivity index (χ3n) is 14.4. The molecule has 1 saturated carbocycles. The number of thiophene rings is 1. The number of carbonyl (C=O) groups excluding carboxylic acids is 5. The van der Waals surface area contributed by atoms with E-state index >= 15 is 0 Å². The highest BCUT2D eigenvalue weighted by molar-refractivity contribution is 7.15. The van der Waals surface area contributed by atoms with Gasteiger partial charge < -0.3 is 30.7 Å². The number of likely N-dealkylation sites (tertiary alicyclic amines) is 1. The number of aryl methyl sites for hydroxylation is 3. The topological polar surface area (TPSA) is 210 Å². The Balaban J connectivity index is 0.799. The van der Waals surface area contributed by atoms with E-state index in [2.05, 4.69) is 45.0 Å². The zero-order valence-electron chi connectivity index (χ0n) is 42.5. The third-order valence-corrected chi connectivity index (χ3v) is 16.5. The molecule has 1 saturated heterocycles. The van der Waals surface area contributed by atoms with Crippen LogP contribution in [0.4, 0.5) is 0 Å². The number of methoxy groups -OCH3 is 1. The van der Waals surface area contributed by atoms with Gasteiger partial charge in [0, 0.05) is 46.5 Å². The first-order valence-electron chi connectivity index (χ1n) is 24.6. The molecule has 5 atom stereocenters. The molecule has 380 valence electrons. The Bertz CT molecular complexity index is 3110. The van der Waals surface area contributed by atoms with Gasteiger partial charge in [-0.15, -0.1) is 32.9 Å². The van der Waals surface area contributed by atoms with E-state index < -0.39 is 47.4 Å². The predicted octanol–water partition coefficient (Wildman–Crippen LogP) is 7.69. The number of aromatic nitrogens is 4. The highest BCUT2D eigenvalue weighted by Gasteiger charge is 2.46. The largest absolute Gasteiger partial charge is 0.469 e. The van der Waals surface area contributed by atoms with Gasteiger partial charge in [-0.3, -0.25) is 33.5 Å². The molecule has 18 heteroatoms. The van der Waals surface area contributed by atoms with E-state index in [0.29, 0.717) is 30.1 Å². The third kappa shape index (κ3) is 10.4. The van der Waals surface area contributed by atoms with Crippen molar-refractivity contribution >= 4 is 58.0 Å². The van der Waals surface area contributed by atoms with Crippen LogP contribution in [0.2, 0.25) is 0 Å². The van der Waals surface area contributed by atoms with Crippen molar-refractivity contribution in [2.75, 3.05) is 13.7 Å². The quantitative estimate of drug-likeness (QED) is 0.0829. The number of amides is 4. The van der Waals surface area contributed by atoms with Crippen molar-refractivity contribution in [2.24, 2.45) is 16.3 Å². The van der Waals surface area contributed by atoms with Gasteiger partial charge in [-0.25, -0.2) is 4.98 Å². The number of β-amino-alcohol motifs (C(OH)–C–C–N with tert-alkyl or cyclic N) is 1. The van der Waals surface area contributed by atoms with Gasteiger partial charge in [0.2, 0.25) is 17.7 Å². The molecule has 2 fully saturated rings. The van der Waals surface area contributed by atoms with Crippen LogP contribution < -0.4 is 16.0 Å². The number of rotatable bonds is 13. The predicted molar refractivity (Wildman–Crippen MR) is 281 cm³/mol. The number of aliphatic hydroxyl groups is 1. The van der Waals surface area contributed by atoms with E-state index in [9.17, 15) is 29.1 Å². The average Bonchev–Trinajstić information content (AvgIpc) is 4.13. The molecule has 0 unspecified atom stereocenters. The van der Waals surface area contributed by atoms with Crippen molar-refractivity contribution in [3.8, 4) is 26.6 Å². The fraction of sp³-hybridized carbons (Fsp3) is 0.400. The number of nitrogens with zero attached hydrogens (tertiary/aromatic N) is 6. The zero-order valence-corrected chi connectivity index (χ0v) is 44.1. The van der Waals surface area contributed by atoms with Crippen LogP contribution >= 0.6 is 22.7 Å². The number of aliphatic imine (C=N–C) groups is 1. The van der Waals surface area contributed by atoms with Crippen LogP contribution in [0.1, 0.15) is 120 Å². The number of esters is 1. The monoisotopic (exact) mass is 1020 g/mol. The lowest BCUT2D eigenvalue weighted by Crippen LogP contribution is -2.60. The summed E-state index contributed by atoms with van der Waals surface area (Å²) < 4.78 is 7.03. The van der Waals surface area contributed by atoms with E-state index in [1.807, 2.05) is 112 Å². The summed E-state index contributed by atoms with van der Waals surface area (Å²) in [6.07, 6.45) is 0.0201. The summed E-state index contributed by atoms with van der Waals surface area (Å²) in [5.41, 5.74) is 10.1. The molecule has 4 N–H and O–H groups in total. The second-order valence-corrected chi connectivity index (χ2v) is 22.6. The van der Waals surface area contributed by atoms with Crippen LogP contribution in [-0.2, 0) is 23.9 Å². The van der Waals surface area contributed by atoms with Gasteiger partial charge in [0.25, 0.3) is 5.91 Å². The molecule has 6 aromatic rings. The van der Waals surface area contributed by atoms with Gasteiger partial charge in [-0.05, 0) is 92.8 Å². The van der Waals surface area contributed by atoms with Gasteiger partial charge in [0.15, 0.2) is 5.82 Å². The summed E-state index contributed by atoms with van der Waals surface area (Å²) in [4.78, 5) is 80.9. The number of hydrogen-bond acceptors (Lipinski definition) is 13. The Kier molecular flexibility index (Phi) is 14.4. The summed E-state index contributed by atoms with van der Waals surface area (Å²) in [5.74, 6) is -0.865. The van der Waals surface area contributed by atoms with Crippen molar-refractivity contribution in [2.45, 2.75) is 117 Å². The highest BCUT2D eigenvalue weighted by Crippen LogP contribution is 2.40. The zero-order chi connectivity index (χ0) is 52.0. The van der Waals surface area contributed by atoms with E-state index in [0.717, 1.165) is 65.1 Å². The van der Waals surface area contributed by atoms with Gasteiger partial charge >= 0.3 is 5.97 Å². The second-order valence-electron chi connectivity index (χ2n) is 20.5. The fourth-order valence-electron chi connectivity index (χ4n) is 9.89. The van der Waals surface area contributed by atoms with Gasteiger partial charge in [-0.1, -0.05) is 81.4 Å². The van der Waals surface area contributed by atoms with Crippen molar-refractivity contribution in [1.82, 2.24) is 40.6 Å². The minimum absolute atomic E-state index is 0.0169. The van der Waals surface area contributed by atoms with Gasteiger partial charge in [-0.2, -0.15) is 0 Å². The molecule has 0 spiro atoms.